The van der Waals surface area contributed by atoms with Crippen LogP contribution < -0.4 is 4.74 Å². The third kappa shape index (κ3) is 5.33. The van der Waals surface area contributed by atoms with Crippen LogP contribution >= 0.6 is 11.3 Å². The molecule has 30 heavy (non-hydrogen) atoms. The van der Waals surface area contributed by atoms with Crippen molar-refractivity contribution < 1.29 is 18.3 Å². The quantitative estimate of drug-likeness (QED) is 0.308. The Hall–Kier alpha value is -3.00. The maximum Gasteiger partial charge on any atom is 0.312 e. The molecule has 1 aromatic carbocycles. The predicted octanol–water partition coefficient (Wildman–Crippen LogP) is 5.66. The molecule has 0 atom stereocenters. The summed E-state index contributed by atoms with van der Waals surface area (Å²) in [4.78, 5) is 5.35. The number of halogens is 2. The Kier molecular flexibility index (Phi) is 7.35. The van der Waals surface area contributed by atoms with Gasteiger partial charge in [-0.2, -0.15) is 13.9 Å². The first-order valence-corrected chi connectivity index (χ1v) is 10.2. The Morgan fingerprint density at radius 1 is 1.30 bits per heavy atom. The Balaban J connectivity index is 1.70. The van der Waals surface area contributed by atoms with E-state index in [0.717, 1.165) is 21.8 Å². The molecule has 3 rings (SSSR count). The second-order valence-electron chi connectivity index (χ2n) is 6.36. The maximum atomic E-state index is 13.0. The summed E-state index contributed by atoms with van der Waals surface area (Å²) in [6.07, 6.45) is 1.78. The second-order valence-corrected chi connectivity index (χ2v) is 7.53. The Morgan fingerprint density at radius 3 is 2.83 bits per heavy atom. The molecule has 1 aliphatic rings. The van der Waals surface area contributed by atoms with Crippen LogP contribution in [0.15, 0.2) is 59.3 Å². The van der Waals surface area contributed by atoms with Crippen molar-refractivity contribution in [3.63, 3.8) is 0 Å². The zero-order valence-electron chi connectivity index (χ0n) is 16.8. The molecule has 0 N–H and O–H groups in total. The number of rotatable bonds is 8. The van der Waals surface area contributed by atoms with Gasteiger partial charge < -0.3 is 9.47 Å². The lowest BCUT2D eigenvalue weighted by atomic mass is 10.0. The number of hydrogen-bond donors (Lipinski definition) is 0. The van der Waals surface area contributed by atoms with Gasteiger partial charge in [-0.25, -0.2) is 0 Å². The van der Waals surface area contributed by atoms with Crippen molar-refractivity contribution in [2.45, 2.75) is 26.3 Å². The normalized spacial score (nSPS) is 14.1. The van der Waals surface area contributed by atoms with Crippen molar-refractivity contribution in [1.29, 1.82) is 0 Å². The summed E-state index contributed by atoms with van der Waals surface area (Å²) in [7, 11) is 1.65. The lowest BCUT2D eigenvalue weighted by Crippen LogP contribution is -2.14. The second kappa shape index (κ2) is 10.2. The van der Waals surface area contributed by atoms with Gasteiger partial charge in [-0.15, -0.1) is 11.3 Å². The number of ether oxygens (including phenoxy) is 2. The van der Waals surface area contributed by atoms with E-state index in [9.17, 15) is 8.78 Å². The van der Waals surface area contributed by atoms with Gasteiger partial charge >= 0.3 is 6.43 Å². The zero-order valence-corrected chi connectivity index (χ0v) is 17.7. The lowest BCUT2D eigenvalue weighted by molar-refractivity contribution is 0.196. The highest BCUT2D eigenvalue weighted by Gasteiger charge is 2.18. The van der Waals surface area contributed by atoms with Crippen LogP contribution in [-0.2, 0) is 11.3 Å². The van der Waals surface area contributed by atoms with Crippen molar-refractivity contribution in [3.05, 3.63) is 64.5 Å². The Morgan fingerprint density at radius 2 is 2.10 bits per heavy atom. The van der Waals surface area contributed by atoms with Gasteiger partial charge in [0.15, 0.2) is 0 Å². The highest BCUT2D eigenvalue weighted by atomic mass is 32.1. The molecule has 0 unspecified atom stereocenters. The van der Waals surface area contributed by atoms with E-state index in [2.05, 4.69) is 16.7 Å². The van der Waals surface area contributed by atoms with E-state index in [-0.39, 0.29) is 12.3 Å². The third-order valence-electron chi connectivity index (χ3n) is 4.28. The summed E-state index contributed by atoms with van der Waals surface area (Å²) < 4.78 is 36.6. The monoisotopic (exact) mass is 431 g/mol. The van der Waals surface area contributed by atoms with Gasteiger partial charge in [-0.05, 0) is 30.7 Å². The highest BCUT2D eigenvalue weighted by molar-refractivity contribution is 7.13. The molecule has 0 saturated heterocycles. The number of aliphatic imine (C=N–C) groups is 1. The lowest BCUT2D eigenvalue weighted by Gasteiger charge is -2.21. The molecule has 1 aliphatic heterocycles. The van der Waals surface area contributed by atoms with Crippen molar-refractivity contribution >= 4 is 34.8 Å². The molecule has 0 spiro atoms. The molecule has 2 heterocycles. The summed E-state index contributed by atoms with van der Waals surface area (Å²) in [5.74, 6) is 0.364. The minimum Gasteiger partial charge on any atom is -0.496 e. The van der Waals surface area contributed by atoms with Gasteiger partial charge in [-0.1, -0.05) is 24.8 Å². The predicted molar refractivity (Wildman–Crippen MR) is 118 cm³/mol. The molecule has 0 saturated carbocycles. The number of alkyl halides is 2. The smallest absolute Gasteiger partial charge is 0.312 e. The van der Waals surface area contributed by atoms with Gasteiger partial charge in [0.25, 0.3) is 5.90 Å². The van der Waals surface area contributed by atoms with E-state index >= 15 is 0 Å². The molecular formula is C22H23F2N3O2S. The van der Waals surface area contributed by atoms with Crippen LogP contribution in [0.4, 0.5) is 8.78 Å². The van der Waals surface area contributed by atoms with Gasteiger partial charge in [0.05, 0.1) is 18.5 Å². The zero-order chi connectivity index (χ0) is 21.5. The summed E-state index contributed by atoms with van der Waals surface area (Å²) in [5, 5.41) is 6.27. The van der Waals surface area contributed by atoms with E-state index < -0.39 is 12.3 Å². The molecule has 0 aliphatic carbocycles. The minimum absolute atomic E-state index is 0.158. The van der Waals surface area contributed by atoms with Crippen LogP contribution in [0.25, 0.3) is 11.3 Å². The summed E-state index contributed by atoms with van der Waals surface area (Å²) in [6, 6.07) is 11.6. The number of methoxy groups -OCH3 is 1. The van der Waals surface area contributed by atoms with E-state index in [0.29, 0.717) is 17.8 Å². The molecule has 2 aromatic rings. The SMILES string of the molecule is C=C(OC(=NCC)C(F)F)c1ccc(CN2C=C(c3ccccc3OC)CC=N2)s1. The van der Waals surface area contributed by atoms with Crippen LogP contribution in [0.2, 0.25) is 0 Å². The van der Waals surface area contributed by atoms with Gasteiger partial charge in [0.2, 0.25) is 0 Å². The number of allylic oxidation sites excluding steroid dienone is 1. The van der Waals surface area contributed by atoms with Crippen LogP contribution in [-0.4, -0.2) is 37.2 Å². The summed E-state index contributed by atoms with van der Waals surface area (Å²) >= 11 is 1.42. The van der Waals surface area contributed by atoms with Crippen LogP contribution in [0, 0.1) is 0 Å². The molecule has 0 radical (unpaired) electrons. The van der Waals surface area contributed by atoms with Crippen LogP contribution in [0.1, 0.15) is 28.7 Å². The first kappa shape index (κ1) is 21.7. The van der Waals surface area contributed by atoms with Crippen molar-refractivity contribution in [2.24, 2.45) is 10.1 Å². The van der Waals surface area contributed by atoms with E-state index in [1.807, 2.05) is 47.8 Å². The average molecular weight is 432 g/mol. The maximum absolute atomic E-state index is 13.0. The number of hydrogen-bond acceptors (Lipinski definition) is 6. The molecule has 158 valence electrons. The fourth-order valence-electron chi connectivity index (χ4n) is 2.94. The summed E-state index contributed by atoms with van der Waals surface area (Å²) in [5.41, 5.74) is 2.13. The molecule has 0 fully saturated rings. The number of thiophene rings is 1. The number of para-hydroxylation sites is 1. The molecule has 8 heteroatoms. The number of hydrazone groups is 1. The topological polar surface area (TPSA) is 46.4 Å². The Bertz CT molecular complexity index is 982. The van der Waals surface area contributed by atoms with Gasteiger partial charge in [0, 0.05) is 35.8 Å². The summed E-state index contributed by atoms with van der Waals surface area (Å²) in [6.45, 7) is 6.19. The largest absolute Gasteiger partial charge is 0.496 e. The Labute approximate surface area is 178 Å². The number of nitrogens with zero attached hydrogens (tertiary/aromatic N) is 3. The van der Waals surface area contributed by atoms with Crippen molar-refractivity contribution in [3.8, 4) is 5.75 Å². The molecule has 5 nitrogen and oxygen atoms in total. The molecular weight excluding hydrogens is 408 g/mol. The molecule has 1 aromatic heterocycles. The van der Waals surface area contributed by atoms with Crippen LogP contribution in [0.5, 0.6) is 5.75 Å². The van der Waals surface area contributed by atoms with Crippen molar-refractivity contribution in [1.82, 2.24) is 5.01 Å². The molecule has 0 amide bonds. The highest BCUT2D eigenvalue weighted by Crippen LogP contribution is 2.31. The van der Waals surface area contributed by atoms with E-state index in [4.69, 9.17) is 9.47 Å². The third-order valence-corrected chi connectivity index (χ3v) is 5.39. The van der Waals surface area contributed by atoms with Crippen LogP contribution in [0.3, 0.4) is 0 Å². The first-order chi connectivity index (χ1) is 14.5. The fraction of sp³-hybridized carbons (Fsp3) is 0.273. The minimum atomic E-state index is -2.78. The molecule has 0 bridgehead atoms. The first-order valence-electron chi connectivity index (χ1n) is 9.43. The number of benzene rings is 1. The average Bonchev–Trinajstić information content (AvgIpc) is 3.22. The van der Waals surface area contributed by atoms with E-state index in [1.165, 1.54) is 11.3 Å². The van der Waals surface area contributed by atoms with E-state index in [1.54, 1.807) is 20.1 Å². The standard InChI is InChI=1S/C22H23F2N3O2S/c1-4-25-22(21(23)24)29-15(2)20-10-9-17(30-20)14-27-13-16(11-12-26-27)18-7-5-6-8-19(18)28-3/h5-10,12-13,21H,2,4,11,14H2,1,3H3. The van der Waals surface area contributed by atoms with Crippen molar-refractivity contribution in [2.75, 3.05) is 13.7 Å². The fourth-order valence-corrected chi connectivity index (χ4v) is 3.84. The van der Waals surface area contributed by atoms with Gasteiger partial charge in [0.1, 0.15) is 11.5 Å². The van der Waals surface area contributed by atoms with Gasteiger partial charge in [-0.3, -0.25) is 10.0 Å².